The molecule has 3 nitrogen and oxygen atoms in total. The molecule has 0 saturated heterocycles. The number of pyridine rings is 1. The first-order valence-electron chi connectivity index (χ1n) is 2.54. The first-order valence-corrected chi connectivity index (χ1v) is 2.54. The molecule has 5 heteroatoms. The monoisotopic (exact) mass is 177 g/mol. The average molecular weight is 178 g/mol. The lowest BCUT2D eigenvalue weighted by molar-refractivity contribution is 0.0691. The van der Waals surface area contributed by atoms with Crippen molar-refractivity contribution in [3.05, 3.63) is 29.8 Å². The van der Waals surface area contributed by atoms with Gasteiger partial charge in [0.15, 0.2) is 0 Å². The standard InChI is InChI=1S/C6H4FNO2.ClH/c7-5-1-2-8-3-4(5)6(9)10;/h1-3H,(H,9,10);1H. The molecule has 1 rings (SSSR count). The maximum absolute atomic E-state index is 12.4. The van der Waals surface area contributed by atoms with E-state index in [1.54, 1.807) is 0 Å². The summed E-state index contributed by atoms with van der Waals surface area (Å²) in [6.07, 6.45) is 2.17. The van der Waals surface area contributed by atoms with E-state index >= 15 is 0 Å². The third-order valence-electron chi connectivity index (χ3n) is 0.998. The van der Waals surface area contributed by atoms with Crippen molar-refractivity contribution in [2.45, 2.75) is 0 Å². The van der Waals surface area contributed by atoms with Crippen molar-refractivity contribution in [1.82, 2.24) is 4.98 Å². The van der Waals surface area contributed by atoms with Gasteiger partial charge in [0.2, 0.25) is 0 Å². The summed E-state index contributed by atoms with van der Waals surface area (Å²) in [4.78, 5) is 13.6. The van der Waals surface area contributed by atoms with Gasteiger partial charge in [0.25, 0.3) is 0 Å². The van der Waals surface area contributed by atoms with Gasteiger partial charge < -0.3 is 5.11 Å². The van der Waals surface area contributed by atoms with Crippen molar-refractivity contribution < 1.29 is 14.3 Å². The maximum atomic E-state index is 12.4. The second-order valence-electron chi connectivity index (χ2n) is 1.66. The molecule has 0 radical (unpaired) electrons. The number of aromatic carboxylic acids is 1. The first kappa shape index (κ1) is 9.84. The fraction of sp³-hybridized carbons (Fsp3) is 0. The van der Waals surface area contributed by atoms with E-state index in [0.717, 1.165) is 12.3 Å². The van der Waals surface area contributed by atoms with Gasteiger partial charge in [-0.2, -0.15) is 0 Å². The molecule has 0 aliphatic heterocycles. The predicted molar refractivity (Wildman–Crippen MR) is 38.4 cm³/mol. The summed E-state index contributed by atoms with van der Waals surface area (Å²) in [7, 11) is 0. The van der Waals surface area contributed by atoms with Gasteiger partial charge in [0.1, 0.15) is 11.4 Å². The molecule has 1 aromatic rings. The van der Waals surface area contributed by atoms with Crippen LogP contribution >= 0.6 is 12.4 Å². The van der Waals surface area contributed by atoms with Crippen LogP contribution in [0.4, 0.5) is 4.39 Å². The molecule has 0 saturated carbocycles. The van der Waals surface area contributed by atoms with E-state index < -0.39 is 17.3 Å². The van der Waals surface area contributed by atoms with E-state index in [0.29, 0.717) is 0 Å². The highest BCUT2D eigenvalue weighted by Gasteiger charge is 2.07. The van der Waals surface area contributed by atoms with Crippen LogP contribution in [-0.2, 0) is 0 Å². The van der Waals surface area contributed by atoms with Crippen LogP contribution in [0.15, 0.2) is 18.5 Å². The molecule has 0 bridgehead atoms. The summed E-state index contributed by atoms with van der Waals surface area (Å²) >= 11 is 0. The largest absolute Gasteiger partial charge is 0.478 e. The second kappa shape index (κ2) is 3.88. The summed E-state index contributed by atoms with van der Waals surface area (Å²) in [5, 5.41) is 8.29. The molecule has 0 unspecified atom stereocenters. The minimum atomic E-state index is -1.30. The smallest absolute Gasteiger partial charge is 0.340 e. The van der Waals surface area contributed by atoms with Crippen LogP contribution in [0.5, 0.6) is 0 Å². The zero-order valence-electron chi connectivity index (χ0n) is 5.32. The quantitative estimate of drug-likeness (QED) is 0.704. The van der Waals surface area contributed by atoms with Crippen molar-refractivity contribution >= 4 is 18.4 Å². The molecule has 0 aliphatic carbocycles. The Hall–Kier alpha value is -1.16. The van der Waals surface area contributed by atoms with Crippen molar-refractivity contribution in [3.8, 4) is 0 Å². The lowest BCUT2D eigenvalue weighted by Gasteiger charge is -1.92. The fourth-order valence-electron chi connectivity index (χ4n) is 0.535. The molecule has 1 heterocycles. The van der Waals surface area contributed by atoms with E-state index in [1.165, 1.54) is 6.20 Å². The van der Waals surface area contributed by atoms with Gasteiger partial charge in [0.05, 0.1) is 0 Å². The van der Waals surface area contributed by atoms with Gasteiger partial charge in [-0.25, -0.2) is 9.18 Å². The number of nitrogens with zero attached hydrogens (tertiary/aromatic N) is 1. The number of carboxylic acids is 1. The molecule has 0 spiro atoms. The Bertz CT molecular complexity index is 267. The molecule has 0 atom stereocenters. The molecular formula is C6H5ClFNO2. The highest BCUT2D eigenvalue weighted by molar-refractivity contribution is 5.87. The third kappa shape index (κ3) is 2.16. The number of carbonyl (C=O) groups is 1. The van der Waals surface area contributed by atoms with Crippen LogP contribution in [0, 0.1) is 5.82 Å². The lowest BCUT2D eigenvalue weighted by atomic mass is 10.3. The molecule has 0 fully saturated rings. The Balaban J connectivity index is 0.000001000. The summed E-state index contributed by atoms with van der Waals surface area (Å²) in [6, 6.07) is 1.00. The van der Waals surface area contributed by atoms with Crippen LogP contribution < -0.4 is 0 Å². The Morgan fingerprint density at radius 1 is 1.64 bits per heavy atom. The molecule has 60 valence electrons. The molecule has 0 aliphatic rings. The van der Waals surface area contributed by atoms with Crippen molar-refractivity contribution in [2.75, 3.05) is 0 Å². The van der Waals surface area contributed by atoms with E-state index in [4.69, 9.17) is 5.11 Å². The Labute approximate surface area is 68.3 Å². The summed E-state index contributed by atoms with van der Waals surface area (Å²) < 4.78 is 12.4. The van der Waals surface area contributed by atoms with Gasteiger partial charge in [-0.15, -0.1) is 12.4 Å². The summed E-state index contributed by atoms with van der Waals surface area (Å²) in [5.74, 6) is -2.06. The van der Waals surface area contributed by atoms with Crippen LogP contribution in [0.3, 0.4) is 0 Å². The average Bonchev–Trinajstić information content (AvgIpc) is 1.88. The number of aromatic nitrogens is 1. The van der Waals surface area contributed by atoms with Crippen molar-refractivity contribution in [1.29, 1.82) is 0 Å². The number of carboxylic acid groups (broad SMARTS) is 1. The predicted octanol–water partition coefficient (Wildman–Crippen LogP) is 1.34. The number of halogens is 2. The van der Waals surface area contributed by atoms with Crippen LogP contribution in [0.25, 0.3) is 0 Å². The molecule has 1 aromatic heterocycles. The topological polar surface area (TPSA) is 50.2 Å². The van der Waals surface area contributed by atoms with Crippen molar-refractivity contribution in [3.63, 3.8) is 0 Å². The highest BCUT2D eigenvalue weighted by atomic mass is 35.5. The van der Waals surface area contributed by atoms with Gasteiger partial charge in [-0.05, 0) is 6.07 Å². The minimum absolute atomic E-state index is 0. The molecule has 1 N–H and O–H groups in total. The summed E-state index contributed by atoms with van der Waals surface area (Å²) in [6.45, 7) is 0. The second-order valence-corrected chi connectivity index (χ2v) is 1.66. The van der Waals surface area contributed by atoms with Crippen LogP contribution in [0.2, 0.25) is 0 Å². The minimum Gasteiger partial charge on any atom is -0.478 e. The number of rotatable bonds is 1. The van der Waals surface area contributed by atoms with E-state index in [2.05, 4.69) is 4.98 Å². The maximum Gasteiger partial charge on any atom is 0.340 e. The number of hydrogen-bond acceptors (Lipinski definition) is 2. The molecule has 0 amide bonds. The van der Waals surface area contributed by atoms with Gasteiger partial charge in [-0.3, -0.25) is 4.98 Å². The summed E-state index contributed by atoms with van der Waals surface area (Å²) in [5.41, 5.74) is -0.400. The zero-order chi connectivity index (χ0) is 7.56. The Morgan fingerprint density at radius 2 is 2.27 bits per heavy atom. The molecular weight excluding hydrogens is 173 g/mol. The molecule has 11 heavy (non-hydrogen) atoms. The third-order valence-corrected chi connectivity index (χ3v) is 0.998. The van der Waals surface area contributed by atoms with Gasteiger partial charge >= 0.3 is 5.97 Å². The highest BCUT2D eigenvalue weighted by Crippen LogP contribution is 2.02. The van der Waals surface area contributed by atoms with Gasteiger partial charge in [0, 0.05) is 12.4 Å². The van der Waals surface area contributed by atoms with Crippen molar-refractivity contribution in [2.24, 2.45) is 0 Å². The normalized spacial score (nSPS) is 8.45. The van der Waals surface area contributed by atoms with Gasteiger partial charge in [-0.1, -0.05) is 0 Å². The van der Waals surface area contributed by atoms with E-state index in [-0.39, 0.29) is 12.4 Å². The molecule has 0 aromatic carbocycles. The Kier molecular flexibility index (Phi) is 3.47. The zero-order valence-corrected chi connectivity index (χ0v) is 6.14. The first-order chi connectivity index (χ1) is 4.72. The number of hydrogen-bond donors (Lipinski definition) is 1. The van der Waals surface area contributed by atoms with E-state index in [9.17, 15) is 9.18 Å². The lowest BCUT2D eigenvalue weighted by Crippen LogP contribution is -2.00. The fourth-order valence-corrected chi connectivity index (χ4v) is 0.535. The van der Waals surface area contributed by atoms with E-state index in [1.807, 2.05) is 0 Å². The SMILES string of the molecule is Cl.O=C(O)c1cnccc1F. The van der Waals surface area contributed by atoms with Crippen LogP contribution in [-0.4, -0.2) is 16.1 Å². The Morgan fingerprint density at radius 3 is 2.64 bits per heavy atom. The van der Waals surface area contributed by atoms with Crippen LogP contribution in [0.1, 0.15) is 10.4 Å².